The van der Waals surface area contributed by atoms with E-state index in [9.17, 15) is 18.0 Å². The lowest BCUT2D eigenvalue weighted by Gasteiger charge is -2.17. The van der Waals surface area contributed by atoms with Crippen molar-refractivity contribution in [2.24, 2.45) is 5.73 Å². The van der Waals surface area contributed by atoms with Crippen molar-refractivity contribution in [3.63, 3.8) is 0 Å². The van der Waals surface area contributed by atoms with Crippen LogP contribution >= 0.6 is 0 Å². The Morgan fingerprint density at radius 1 is 1.15 bits per heavy atom. The van der Waals surface area contributed by atoms with Crippen molar-refractivity contribution in [3.05, 3.63) is 35.9 Å². The van der Waals surface area contributed by atoms with E-state index in [0.717, 1.165) is 12.8 Å². The molecule has 1 aromatic carbocycles. The monoisotopic (exact) mass is 388 g/mol. The fourth-order valence-electron chi connectivity index (χ4n) is 3.30. The highest BCUT2D eigenvalue weighted by Crippen LogP contribution is 2.22. The number of alkyl halides is 3. The van der Waals surface area contributed by atoms with Crippen molar-refractivity contribution in [1.82, 2.24) is 5.32 Å². The summed E-state index contributed by atoms with van der Waals surface area (Å²) < 4.78 is 41.0. The molecule has 0 heterocycles. The van der Waals surface area contributed by atoms with Crippen molar-refractivity contribution < 1.29 is 27.8 Å². The maximum atomic E-state index is 11.7. The number of ether oxygens (including phenoxy) is 1. The molecule has 27 heavy (non-hydrogen) atoms. The maximum absolute atomic E-state index is 11.7. The van der Waals surface area contributed by atoms with Crippen LogP contribution in [-0.2, 0) is 16.1 Å². The van der Waals surface area contributed by atoms with Gasteiger partial charge in [-0.25, -0.2) is 0 Å². The average Bonchev–Trinajstić information content (AvgIpc) is 3.22. The third-order valence-corrected chi connectivity index (χ3v) is 4.86. The van der Waals surface area contributed by atoms with E-state index in [1.807, 2.05) is 18.2 Å². The minimum atomic E-state index is -4.86. The number of benzene rings is 1. The van der Waals surface area contributed by atoms with Crippen molar-refractivity contribution >= 4 is 5.91 Å². The Morgan fingerprint density at radius 2 is 1.81 bits per heavy atom. The van der Waals surface area contributed by atoms with Gasteiger partial charge in [0, 0.05) is 6.04 Å². The third kappa shape index (κ3) is 7.12. The van der Waals surface area contributed by atoms with Crippen LogP contribution in [0.2, 0.25) is 0 Å². The summed E-state index contributed by atoms with van der Waals surface area (Å²) in [5.41, 5.74) is 7.15. The molecule has 0 aromatic heterocycles. The number of carbonyl (C=O) groups excluding carboxylic acids is 1. The summed E-state index contributed by atoms with van der Waals surface area (Å²) in [4.78, 5) is 10.4. The highest BCUT2D eigenvalue weighted by Gasteiger charge is 2.41. The van der Waals surface area contributed by atoms with Gasteiger partial charge in [-0.3, -0.25) is 4.79 Å². The zero-order chi connectivity index (χ0) is 19.9. The third-order valence-electron chi connectivity index (χ3n) is 4.86. The zero-order valence-corrected chi connectivity index (χ0v) is 15.1. The van der Waals surface area contributed by atoms with Crippen LogP contribution < -0.4 is 11.1 Å². The number of amides is 1. The van der Waals surface area contributed by atoms with Crippen LogP contribution in [0.5, 0.6) is 0 Å². The van der Waals surface area contributed by atoms with Gasteiger partial charge in [0.2, 0.25) is 0 Å². The molecule has 152 valence electrons. The molecule has 2 aliphatic rings. The second-order valence-electron chi connectivity index (χ2n) is 7.01. The molecular formula is C19H27F3N2O3. The highest BCUT2D eigenvalue weighted by molar-refractivity contribution is 5.82. The first-order valence-corrected chi connectivity index (χ1v) is 9.24. The van der Waals surface area contributed by atoms with E-state index in [1.165, 1.54) is 12.0 Å². The number of rotatable bonds is 4. The molecule has 2 aliphatic carbocycles. The topological polar surface area (TPSA) is 84.6 Å². The van der Waals surface area contributed by atoms with E-state index in [-0.39, 0.29) is 12.1 Å². The molecule has 0 radical (unpaired) electrons. The van der Waals surface area contributed by atoms with Crippen LogP contribution in [0.1, 0.15) is 44.1 Å². The summed E-state index contributed by atoms with van der Waals surface area (Å²) in [6, 6.07) is 9.76. The van der Waals surface area contributed by atoms with Crippen LogP contribution in [0.3, 0.4) is 0 Å². The van der Waals surface area contributed by atoms with Gasteiger partial charge in [0.1, 0.15) is 0 Å². The molecule has 3 rings (SSSR count). The molecule has 0 spiro atoms. The Bertz CT molecular complexity index is 583. The summed E-state index contributed by atoms with van der Waals surface area (Å²) in [5.74, 6) is -1.97. The first-order chi connectivity index (χ1) is 12.8. The Morgan fingerprint density at radius 3 is 2.33 bits per heavy atom. The van der Waals surface area contributed by atoms with Crippen molar-refractivity contribution in [2.75, 3.05) is 0 Å². The highest BCUT2D eigenvalue weighted by atomic mass is 19.4. The van der Waals surface area contributed by atoms with Crippen LogP contribution in [0, 0.1) is 0 Å². The van der Waals surface area contributed by atoms with Gasteiger partial charge in [0.05, 0.1) is 24.9 Å². The van der Waals surface area contributed by atoms with E-state index >= 15 is 0 Å². The number of carbonyl (C=O) groups is 1. The van der Waals surface area contributed by atoms with Gasteiger partial charge < -0.3 is 20.9 Å². The summed E-state index contributed by atoms with van der Waals surface area (Å²) in [5, 5.41) is 10.9. The molecule has 0 bridgehead atoms. The Labute approximate surface area is 157 Å². The molecule has 0 saturated heterocycles. The fraction of sp³-hybridized carbons (Fsp3) is 0.632. The summed E-state index contributed by atoms with van der Waals surface area (Å²) in [6.07, 6.45) is -0.493. The van der Waals surface area contributed by atoms with Gasteiger partial charge in [-0.1, -0.05) is 30.3 Å². The second-order valence-corrected chi connectivity index (χ2v) is 7.01. The molecule has 1 amide bonds. The lowest BCUT2D eigenvalue weighted by molar-refractivity contribution is -0.174. The quantitative estimate of drug-likeness (QED) is 0.740. The smallest absolute Gasteiger partial charge is 0.391 e. The minimum Gasteiger partial charge on any atom is -0.391 e. The lowest BCUT2D eigenvalue weighted by Crippen LogP contribution is -2.46. The molecule has 4 atom stereocenters. The Kier molecular flexibility index (Phi) is 8.07. The van der Waals surface area contributed by atoms with Crippen molar-refractivity contribution in [1.29, 1.82) is 0 Å². The normalized spacial score (nSPS) is 27.7. The first kappa shape index (κ1) is 21.7. The molecule has 2 fully saturated rings. The number of nitrogens with two attached hydrogens (primary N) is 1. The first-order valence-electron chi connectivity index (χ1n) is 9.24. The minimum absolute atomic E-state index is 0.249. The molecule has 8 heteroatoms. The summed E-state index contributed by atoms with van der Waals surface area (Å²) >= 11 is 0. The zero-order valence-electron chi connectivity index (χ0n) is 15.1. The molecule has 0 aliphatic heterocycles. The lowest BCUT2D eigenvalue weighted by atomic mass is 10.2. The molecule has 2 saturated carbocycles. The van der Waals surface area contributed by atoms with Gasteiger partial charge in [-0.15, -0.1) is 0 Å². The van der Waals surface area contributed by atoms with E-state index in [0.29, 0.717) is 25.9 Å². The molecular weight excluding hydrogens is 361 g/mol. The fourth-order valence-corrected chi connectivity index (χ4v) is 3.30. The second kappa shape index (κ2) is 10.1. The number of nitrogens with one attached hydrogen (secondary N) is 1. The number of aliphatic hydroxyl groups is 1. The van der Waals surface area contributed by atoms with Gasteiger partial charge in [-0.05, 0) is 44.1 Å². The van der Waals surface area contributed by atoms with Gasteiger partial charge in [0.15, 0.2) is 0 Å². The number of hydrogen-bond acceptors (Lipinski definition) is 4. The van der Waals surface area contributed by atoms with E-state index < -0.39 is 24.2 Å². The van der Waals surface area contributed by atoms with Gasteiger partial charge in [0.25, 0.3) is 0 Å². The van der Waals surface area contributed by atoms with Crippen LogP contribution in [0.4, 0.5) is 13.2 Å². The molecule has 4 N–H and O–H groups in total. The van der Waals surface area contributed by atoms with Crippen LogP contribution in [0.15, 0.2) is 30.3 Å². The van der Waals surface area contributed by atoms with Crippen molar-refractivity contribution in [3.8, 4) is 0 Å². The SMILES string of the molecule is N[C@@H]1CCC[C@H]1OCc1ccccc1.O=C(N[C@@H]1CCC[C@H]1O)C(F)(F)F. The van der Waals surface area contributed by atoms with E-state index in [2.05, 4.69) is 12.1 Å². The standard InChI is InChI=1S/C12H17NO.C7H10F3NO2/c13-11-7-4-8-12(11)14-9-10-5-2-1-3-6-10;8-7(9,10)6(13)11-4-2-1-3-5(4)12/h1-3,5-6,11-12H,4,7-9,13H2;4-5,12H,1-3H2,(H,11,13)/t11-,12-;4-,5-/m11/s1. The number of aliphatic hydroxyl groups excluding tert-OH is 1. The predicted molar refractivity (Wildman–Crippen MR) is 94.7 cm³/mol. The number of hydrogen-bond donors (Lipinski definition) is 3. The Hall–Kier alpha value is -1.64. The predicted octanol–water partition coefficient (Wildman–Crippen LogP) is 2.66. The van der Waals surface area contributed by atoms with Crippen LogP contribution in [-0.4, -0.2) is 41.5 Å². The van der Waals surface area contributed by atoms with Gasteiger partial charge >= 0.3 is 12.1 Å². The van der Waals surface area contributed by atoms with E-state index in [1.54, 1.807) is 5.32 Å². The van der Waals surface area contributed by atoms with Gasteiger partial charge in [-0.2, -0.15) is 13.2 Å². The van der Waals surface area contributed by atoms with E-state index in [4.69, 9.17) is 15.6 Å². The molecule has 5 nitrogen and oxygen atoms in total. The molecule has 1 aromatic rings. The van der Waals surface area contributed by atoms with Crippen molar-refractivity contribution in [2.45, 2.75) is 75.6 Å². The maximum Gasteiger partial charge on any atom is 0.471 e. The summed E-state index contributed by atoms with van der Waals surface area (Å²) in [6.45, 7) is 0.694. The Balaban J connectivity index is 0.000000194. The number of halogens is 3. The van der Waals surface area contributed by atoms with Crippen LogP contribution in [0.25, 0.3) is 0 Å². The molecule has 0 unspecified atom stereocenters. The largest absolute Gasteiger partial charge is 0.471 e. The average molecular weight is 388 g/mol. The summed E-state index contributed by atoms with van der Waals surface area (Å²) in [7, 11) is 0.